The van der Waals surface area contributed by atoms with Gasteiger partial charge in [-0.15, -0.1) is 0 Å². The second kappa shape index (κ2) is 8.01. The highest BCUT2D eigenvalue weighted by atomic mass is 79.9. The summed E-state index contributed by atoms with van der Waals surface area (Å²) in [6.45, 7) is 1.69. The van der Waals surface area contributed by atoms with Gasteiger partial charge in [0.1, 0.15) is 18.1 Å². The summed E-state index contributed by atoms with van der Waals surface area (Å²) in [5, 5.41) is 2.72. The Morgan fingerprint density at radius 3 is 2.65 bits per heavy atom. The lowest BCUT2D eigenvalue weighted by molar-refractivity contribution is 0.0988. The number of hydrogen-bond acceptors (Lipinski definition) is 4. The van der Waals surface area contributed by atoms with Crippen LogP contribution in [0.1, 0.15) is 33.6 Å². The average molecular weight is 414 g/mol. The molecule has 3 aromatic rings. The van der Waals surface area contributed by atoms with E-state index in [1.807, 2.05) is 24.3 Å². The predicted molar refractivity (Wildman–Crippen MR) is 102 cm³/mol. The fraction of sp³-hybridized carbons (Fsp3) is 0.100. The number of amides is 1. The summed E-state index contributed by atoms with van der Waals surface area (Å²) in [6.07, 6.45) is 0. The van der Waals surface area contributed by atoms with Crippen LogP contribution in [0.5, 0.6) is 5.75 Å². The van der Waals surface area contributed by atoms with E-state index in [9.17, 15) is 9.59 Å². The lowest BCUT2D eigenvalue weighted by Gasteiger charge is -2.05. The number of benzene rings is 2. The zero-order valence-corrected chi connectivity index (χ0v) is 15.6. The number of hydrogen-bond donors (Lipinski definition) is 1. The SMILES string of the molecule is CC(=O)c1cccc(NC(=O)c2ccc(COc3cccc(Br)c3)o2)c1. The Labute approximate surface area is 159 Å². The van der Waals surface area contributed by atoms with Crippen LogP contribution in [0, 0.1) is 0 Å². The van der Waals surface area contributed by atoms with E-state index in [1.165, 1.54) is 6.92 Å². The van der Waals surface area contributed by atoms with E-state index in [0.29, 0.717) is 22.8 Å². The third kappa shape index (κ3) is 4.61. The van der Waals surface area contributed by atoms with E-state index >= 15 is 0 Å². The summed E-state index contributed by atoms with van der Waals surface area (Å²) in [4.78, 5) is 23.7. The minimum absolute atomic E-state index is 0.0638. The van der Waals surface area contributed by atoms with Crippen molar-refractivity contribution < 1.29 is 18.7 Å². The molecule has 5 nitrogen and oxygen atoms in total. The molecule has 0 radical (unpaired) electrons. The third-order valence-corrected chi connectivity index (χ3v) is 4.08. The number of furan rings is 1. The van der Waals surface area contributed by atoms with E-state index < -0.39 is 0 Å². The Balaban J connectivity index is 1.62. The number of halogens is 1. The lowest BCUT2D eigenvalue weighted by atomic mass is 10.1. The van der Waals surface area contributed by atoms with Gasteiger partial charge in [-0.25, -0.2) is 0 Å². The normalized spacial score (nSPS) is 10.4. The monoisotopic (exact) mass is 413 g/mol. The summed E-state index contributed by atoms with van der Waals surface area (Å²) >= 11 is 3.38. The van der Waals surface area contributed by atoms with Crippen molar-refractivity contribution in [2.45, 2.75) is 13.5 Å². The van der Waals surface area contributed by atoms with Gasteiger partial charge >= 0.3 is 0 Å². The van der Waals surface area contributed by atoms with Gasteiger partial charge in [0.05, 0.1) is 0 Å². The molecule has 0 saturated carbocycles. The molecule has 1 aromatic heterocycles. The topological polar surface area (TPSA) is 68.5 Å². The van der Waals surface area contributed by atoms with Gasteiger partial charge in [0.15, 0.2) is 11.5 Å². The maximum Gasteiger partial charge on any atom is 0.291 e. The molecule has 0 atom stereocenters. The summed E-state index contributed by atoms with van der Waals surface area (Å²) in [5.41, 5.74) is 1.07. The second-order valence-electron chi connectivity index (χ2n) is 5.60. The Hall–Kier alpha value is -2.86. The molecule has 0 saturated heterocycles. The van der Waals surface area contributed by atoms with Gasteiger partial charge in [-0.2, -0.15) is 0 Å². The molecule has 1 N–H and O–H groups in total. The zero-order valence-electron chi connectivity index (χ0n) is 14.0. The van der Waals surface area contributed by atoms with Crippen LogP contribution in [0.4, 0.5) is 5.69 Å². The first kappa shape index (κ1) is 17.9. The van der Waals surface area contributed by atoms with E-state index in [1.54, 1.807) is 36.4 Å². The maximum atomic E-state index is 12.3. The van der Waals surface area contributed by atoms with Crippen molar-refractivity contribution in [3.63, 3.8) is 0 Å². The van der Waals surface area contributed by atoms with Crippen molar-refractivity contribution in [1.82, 2.24) is 0 Å². The summed E-state index contributed by atoms with van der Waals surface area (Å²) in [7, 11) is 0. The fourth-order valence-electron chi connectivity index (χ4n) is 2.30. The van der Waals surface area contributed by atoms with Crippen molar-refractivity contribution in [2.24, 2.45) is 0 Å². The average Bonchev–Trinajstić information content (AvgIpc) is 3.09. The van der Waals surface area contributed by atoms with Crippen molar-refractivity contribution in [3.05, 3.63) is 82.2 Å². The first-order valence-electron chi connectivity index (χ1n) is 7.91. The number of anilines is 1. The molecule has 0 aliphatic rings. The number of ether oxygens (including phenoxy) is 1. The van der Waals surface area contributed by atoms with Crippen LogP contribution in [0.25, 0.3) is 0 Å². The van der Waals surface area contributed by atoms with Crippen LogP contribution in [-0.4, -0.2) is 11.7 Å². The number of rotatable bonds is 6. The highest BCUT2D eigenvalue weighted by Gasteiger charge is 2.12. The molecule has 1 amide bonds. The Morgan fingerprint density at radius 1 is 1.08 bits per heavy atom. The summed E-state index contributed by atoms with van der Waals surface area (Å²) < 4.78 is 12.1. The Kier molecular flexibility index (Phi) is 5.53. The number of Topliss-reactive ketones (excluding diaryl/α,β-unsaturated/α-hetero) is 1. The van der Waals surface area contributed by atoms with Gasteiger partial charge in [0.2, 0.25) is 0 Å². The van der Waals surface area contributed by atoms with Crippen LogP contribution in [-0.2, 0) is 6.61 Å². The van der Waals surface area contributed by atoms with Gasteiger partial charge < -0.3 is 14.5 Å². The molecule has 0 aliphatic carbocycles. The molecule has 0 bridgehead atoms. The van der Waals surface area contributed by atoms with E-state index in [2.05, 4.69) is 21.2 Å². The summed E-state index contributed by atoms with van der Waals surface area (Å²) in [6, 6.07) is 17.5. The van der Waals surface area contributed by atoms with Gasteiger partial charge in [0.25, 0.3) is 5.91 Å². The minimum atomic E-state index is -0.389. The number of ketones is 1. The van der Waals surface area contributed by atoms with Crippen molar-refractivity contribution in [1.29, 1.82) is 0 Å². The van der Waals surface area contributed by atoms with E-state index in [-0.39, 0.29) is 24.1 Å². The first-order valence-corrected chi connectivity index (χ1v) is 8.70. The highest BCUT2D eigenvalue weighted by molar-refractivity contribution is 9.10. The fourth-order valence-corrected chi connectivity index (χ4v) is 2.68. The smallest absolute Gasteiger partial charge is 0.291 e. The van der Waals surface area contributed by atoms with E-state index in [4.69, 9.17) is 9.15 Å². The van der Waals surface area contributed by atoms with Gasteiger partial charge in [-0.05, 0) is 49.4 Å². The minimum Gasteiger partial charge on any atom is -0.486 e. The Bertz CT molecular complexity index is 948. The first-order chi connectivity index (χ1) is 12.5. The van der Waals surface area contributed by atoms with Gasteiger partial charge in [-0.3, -0.25) is 9.59 Å². The standard InChI is InChI=1S/C20H16BrNO4/c1-13(23)14-4-2-6-16(10-14)22-20(24)19-9-8-18(26-19)12-25-17-7-3-5-15(21)11-17/h2-11H,12H2,1H3,(H,22,24). The molecule has 0 unspecified atom stereocenters. The number of carbonyl (C=O) groups is 2. The quantitative estimate of drug-likeness (QED) is 0.572. The van der Waals surface area contributed by atoms with Crippen molar-refractivity contribution in [3.8, 4) is 5.75 Å². The van der Waals surface area contributed by atoms with Crippen LogP contribution in [0.15, 0.2) is 69.6 Å². The second-order valence-corrected chi connectivity index (χ2v) is 6.52. The van der Waals surface area contributed by atoms with Crippen LogP contribution >= 0.6 is 15.9 Å². The molecule has 26 heavy (non-hydrogen) atoms. The van der Waals surface area contributed by atoms with E-state index in [0.717, 1.165) is 4.47 Å². The molecule has 132 valence electrons. The number of nitrogens with one attached hydrogen (secondary N) is 1. The molecule has 0 fully saturated rings. The molecule has 3 rings (SSSR count). The molecule has 2 aromatic carbocycles. The predicted octanol–water partition coefficient (Wildman–Crippen LogP) is 5.08. The highest BCUT2D eigenvalue weighted by Crippen LogP contribution is 2.20. The molecule has 6 heteroatoms. The van der Waals surface area contributed by atoms with Crippen LogP contribution in [0.3, 0.4) is 0 Å². The maximum absolute atomic E-state index is 12.3. The molecule has 1 heterocycles. The molecular formula is C20H16BrNO4. The summed E-state index contributed by atoms with van der Waals surface area (Å²) in [5.74, 6) is 0.951. The lowest BCUT2D eigenvalue weighted by Crippen LogP contribution is -2.11. The van der Waals surface area contributed by atoms with Crippen LogP contribution in [0.2, 0.25) is 0 Å². The molecular weight excluding hydrogens is 398 g/mol. The van der Waals surface area contributed by atoms with Gasteiger partial charge in [0, 0.05) is 15.7 Å². The molecule has 0 spiro atoms. The van der Waals surface area contributed by atoms with Crippen molar-refractivity contribution in [2.75, 3.05) is 5.32 Å². The number of carbonyl (C=O) groups excluding carboxylic acids is 2. The Morgan fingerprint density at radius 2 is 1.88 bits per heavy atom. The zero-order chi connectivity index (χ0) is 18.5. The third-order valence-electron chi connectivity index (χ3n) is 3.59. The molecule has 0 aliphatic heterocycles. The van der Waals surface area contributed by atoms with Gasteiger partial charge in [-0.1, -0.05) is 34.1 Å². The van der Waals surface area contributed by atoms with Crippen molar-refractivity contribution >= 4 is 33.3 Å². The van der Waals surface area contributed by atoms with Crippen LogP contribution < -0.4 is 10.1 Å². The largest absolute Gasteiger partial charge is 0.486 e.